The highest BCUT2D eigenvalue weighted by atomic mass is 15.3. The van der Waals surface area contributed by atoms with Crippen LogP contribution in [0.1, 0.15) is 18.1 Å². The minimum absolute atomic E-state index is 0.705. The van der Waals surface area contributed by atoms with Crippen LogP contribution in [0.3, 0.4) is 0 Å². The maximum Gasteiger partial charge on any atom is 0.137 e. The first-order chi connectivity index (χ1) is 15.3. The minimum atomic E-state index is 0.705. The summed E-state index contributed by atoms with van der Waals surface area (Å²) in [5, 5.41) is 11.4. The summed E-state index contributed by atoms with van der Waals surface area (Å²) >= 11 is 0. The monoisotopic (exact) mass is 410 g/mol. The molecule has 0 aliphatic carbocycles. The normalized spacial score (nSPS) is 12.5. The van der Waals surface area contributed by atoms with Gasteiger partial charge in [-0.05, 0) is 42.3 Å². The topological polar surface area (TPSA) is 65.1 Å². The molecule has 0 unspecified atom stereocenters. The first kappa shape index (κ1) is 19.2. The summed E-state index contributed by atoms with van der Waals surface area (Å²) in [7, 11) is 0. The van der Waals surface area contributed by atoms with Crippen molar-refractivity contribution in [3.63, 3.8) is 0 Å². The van der Waals surface area contributed by atoms with Crippen LogP contribution in [-0.2, 0) is 13.1 Å². The van der Waals surface area contributed by atoms with Gasteiger partial charge in [0.25, 0.3) is 0 Å². The Morgan fingerprint density at radius 2 is 1.68 bits per heavy atom. The molecule has 0 fully saturated rings. The molecule has 1 aliphatic rings. The molecule has 3 N–H and O–H groups in total. The predicted octanol–water partition coefficient (Wildman–Crippen LogP) is 5.06. The van der Waals surface area contributed by atoms with Gasteiger partial charge in [0.05, 0.1) is 23.6 Å². The molecule has 156 valence electrons. The van der Waals surface area contributed by atoms with Gasteiger partial charge in [-0.1, -0.05) is 42.5 Å². The molecule has 6 heteroatoms. The van der Waals surface area contributed by atoms with E-state index in [9.17, 15) is 0 Å². The van der Waals surface area contributed by atoms with Gasteiger partial charge in [0.15, 0.2) is 0 Å². The van der Waals surface area contributed by atoms with E-state index >= 15 is 0 Å². The van der Waals surface area contributed by atoms with Gasteiger partial charge in [-0.25, -0.2) is 9.97 Å². The van der Waals surface area contributed by atoms with Crippen molar-refractivity contribution in [3.05, 3.63) is 84.2 Å². The highest BCUT2D eigenvalue weighted by Gasteiger charge is 2.19. The van der Waals surface area contributed by atoms with Crippen LogP contribution >= 0.6 is 0 Å². The molecule has 0 saturated carbocycles. The predicted molar refractivity (Wildman–Crippen MR) is 129 cm³/mol. The SMILES string of the molecule is CCN1CNc2cc3c(NCc4ccc(NCc5ccccc5)cc4)ncnc3cc21. The van der Waals surface area contributed by atoms with Crippen molar-refractivity contribution >= 4 is 33.8 Å². The molecule has 0 spiro atoms. The second-order valence-electron chi connectivity index (χ2n) is 7.69. The summed E-state index contributed by atoms with van der Waals surface area (Å²) in [6.45, 7) is 5.49. The molecule has 2 heterocycles. The Bertz CT molecular complexity index is 1170. The van der Waals surface area contributed by atoms with Gasteiger partial charge in [-0.2, -0.15) is 0 Å². The molecule has 31 heavy (non-hydrogen) atoms. The van der Waals surface area contributed by atoms with Gasteiger partial charge in [0.1, 0.15) is 12.1 Å². The Kier molecular flexibility index (Phi) is 5.27. The number of rotatable bonds is 7. The second kappa shape index (κ2) is 8.52. The lowest BCUT2D eigenvalue weighted by atomic mass is 10.1. The zero-order chi connectivity index (χ0) is 21.0. The fourth-order valence-corrected chi connectivity index (χ4v) is 3.91. The van der Waals surface area contributed by atoms with Crippen LogP contribution in [0.2, 0.25) is 0 Å². The standard InChI is InChI=1S/C25H26N6/c1-2-31-17-30-23-12-21-22(13-24(23)31)28-16-29-25(21)27-15-19-8-10-20(11-9-19)26-14-18-6-4-3-5-7-18/h3-13,16,26,30H,2,14-15,17H2,1H3,(H,27,28,29). The number of nitrogens with one attached hydrogen (secondary N) is 3. The lowest BCUT2D eigenvalue weighted by molar-refractivity contribution is 0.911. The van der Waals surface area contributed by atoms with Crippen molar-refractivity contribution in [2.45, 2.75) is 20.0 Å². The molecule has 1 aromatic heterocycles. The molecule has 4 aromatic rings. The fraction of sp³-hybridized carbons (Fsp3) is 0.200. The van der Waals surface area contributed by atoms with Crippen LogP contribution in [0.25, 0.3) is 10.9 Å². The fourth-order valence-electron chi connectivity index (χ4n) is 3.91. The van der Waals surface area contributed by atoms with E-state index in [1.54, 1.807) is 6.33 Å². The lowest BCUT2D eigenvalue weighted by Crippen LogP contribution is -2.21. The van der Waals surface area contributed by atoms with Gasteiger partial charge in [0, 0.05) is 30.7 Å². The van der Waals surface area contributed by atoms with E-state index in [-0.39, 0.29) is 0 Å². The smallest absolute Gasteiger partial charge is 0.137 e. The van der Waals surface area contributed by atoms with E-state index < -0.39 is 0 Å². The number of anilines is 4. The molecule has 0 bridgehead atoms. The average Bonchev–Trinajstić information content (AvgIpc) is 3.23. The number of aromatic nitrogens is 2. The third-order valence-corrected chi connectivity index (χ3v) is 5.69. The molecular formula is C25H26N6. The Labute approximate surface area is 182 Å². The summed E-state index contributed by atoms with van der Waals surface area (Å²) in [5.74, 6) is 0.857. The molecule has 6 nitrogen and oxygen atoms in total. The maximum absolute atomic E-state index is 4.49. The Morgan fingerprint density at radius 3 is 2.48 bits per heavy atom. The third-order valence-electron chi connectivity index (χ3n) is 5.69. The Balaban J connectivity index is 1.26. The number of hydrogen-bond donors (Lipinski definition) is 3. The van der Waals surface area contributed by atoms with E-state index in [0.29, 0.717) is 6.54 Å². The Morgan fingerprint density at radius 1 is 0.903 bits per heavy atom. The number of nitrogens with zero attached hydrogens (tertiary/aromatic N) is 3. The van der Waals surface area contributed by atoms with Crippen LogP contribution in [-0.4, -0.2) is 23.2 Å². The molecule has 0 saturated heterocycles. The molecule has 0 radical (unpaired) electrons. The van der Waals surface area contributed by atoms with Crippen LogP contribution in [0.4, 0.5) is 22.9 Å². The average molecular weight is 411 g/mol. The van der Waals surface area contributed by atoms with Gasteiger partial charge >= 0.3 is 0 Å². The number of benzene rings is 3. The van der Waals surface area contributed by atoms with Gasteiger partial charge in [-0.3, -0.25) is 0 Å². The molecule has 1 aliphatic heterocycles. The largest absolute Gasteiger partial charge is 0.381 e. The van der Waals surface area contributed by atoms with Crippen molar-refractivity contribution in [2.24, 2.45) is 0 Å². The van der Waals surface area contributed by atoms with E-state index in [0.717, 1.165) is 47.9 Å². The minimum Gasteiger partial charge on any atom is -0.381 e. The summed E-state index contributed by atoms with van der Waals surface area (Å²) in [5.41, 5.74) is 6.89. The third kappa shape index (κ3) is 4.10. The summed E-state index contributed by atoms with van der Waals surface area (Å²) in [6, 6.07) is 23.2. The van der Waals surface area contributed by atoms with Crippen LogP contribution in [0, 0.1) is 0 Å². The molecule has 0 amide bonds. The van der Waals surface area contributed by atoms with Gasteiger partial charge in [-0.15, -0.1) is 0 Å². The quantitative estimate of drug-likeness (QED) is 0.396. The van der Waals surface area contributed by atoms with Crippen LogP contribution < -0.4 is 20.9 Å². The zero-order valence-electron chi connectivity index (χ0n) is 17.6. The van der Waals surface area contributed by atoms with Gasteiger partial charge in [0.2, 0.25) is 0 Å². The Hall–Kier alpha value is -3.80. The summed E-state index contributed by atoms with van der Waals surface area (Å²) in [4.78, 5) is 11.3. The van der Waals surface area contributed by atoms with E-state index in [2.05, 4.69) is 98.4 Å². The van der Waals surface area contributed by atoms with Crippen molar-refractivity contribution < 1.29 is 0 Å². The van der Waals surface area contributed by atoms with Crippen molar-refractivity contribution in [2.75, 3.05) is 34.1 Å². The number of hydrogen-bond acceptors (Lipinski definition) is 6. The maximum atomic E-state index is 4.49. The zero-order valence-corrected chi connectivity index (χ0v) is 17.6. The van der Waals surface area contributed by atoms with Crippen molar-refractivity contribution in [3.8, 4) is 0 Å². The molecule has 3 aromatic carbocycles. The summed E-state index contributed by atoms with van der Waals surface area (Å²) in [6.07, 6.45) is 1.63. The lowest BCUT2D eigenvalue weighted by Gasteiger charge is -2.15. The van der Waals surface area contributed by atoms with E-state index in [1.165, 1.54) is 16.8 Å². The van der Waals surface area contributed by atoms with Gasteiger partial charge < -0.3 is 20.9 Å². The molecular weight excluding hydrogens is 384 g/mol. The highest BCUT2D eigenvalue weighted by molar-refractivity contribution is 5.97. The first-order valence-corrected chi connectivity index (χ1v) is 10.7. The summed E-state index contributed by atoms with van der Waals surface area (Å²) < 4.78 is 0. The van der Waals surface area contributed by atoms with E-state index in [4.69, 9.17) is 0 Å². The second-order valence-corrected chi connectivity index (χ2v) is 7.69. The van der Waals surface area contributed by atoms with Crippen LogP contribution in [0.5, 0.6) is 0 Å². The van der Waals surface area contributed by atoms with Crippen LogP contribution in [0.15, 0.2) is 73.1 Å². The number of fused-ring (bicyclic) bond motifs is 2. The van der Waals surface area contributed by atoms with Crippen molar-refractivity contribution in [1.29, 1.82) is 0 Å². The first-order valence-electron chi connectivity index (χ1n) is 10.7. The van der Waals surface area contributed by atoms with E-state index in [1.807, 2.05) is 6.07 Å². The highest BCUT2D eigenvalue weighted by Crippen LogP contribution is 2.36. The molecule has 0 atom stereocenters. The molecule has 5 rings (SSSR count). The van der Waals surface area contributed by atoms with Crippen molar-refractivity contribution in [1.82, 2.24) is 9.97 Å².